The molecule has 1 fully saturated rings. The summed E-state index contributed by atoms with van der Waals surface area (Å²) in [5.41, 5.74) is 11.6. The third-order valence-electron chi connectivity index (χ3n) is 7.03. The van der Waals surface area contributed by atoms with Gasteiger partial charge in [-0.2, -0.15) is 0 Å². The number of halogens is 1. The third-order valence-corrected chi connectivity index (χ3v) is 7.03. The summed E-state index contributed by atoms with van der Waals surface area (Å²) < 4.78 is 1.06. The van der Waals surface area contributed by atoms with Gasteiger partial charge in [0.05, 0.1) is 16.9 Å². The molecule has 0 radical (unpaired) electrons. The number of aromatic amines is 1. The van der Waals surface area contributed by atoms with E-state index < -0.39 is 0 Å². The summed E-state index contributed by atoms with van der Waals surface area (Å²) in [4.78, 5) is 33.3. The number of fused-ring (bicyclic) bond motifs is 1. The molecule has 7 heteroatoms. The lowest BCUT2D eigenvalue weighted by atomic mass is 9.98. The Hall–Kier alpha value is -3.48. The fourth-order valence-electron chi connectivity index (χ4n) is 4.98. The van der Waals surface area contributed by atoms with Crippen LogP contribution in [0.3, 0.4) is 0 Å². The molecule has 0 spiro atoms. The highest BCUT2D eigenvalue weighted by atomic mass is 35.5. The van der Waals surface area contributed by atoms with Gasteiger partial charge in [-0.15, -0.1) is 12.4 Å². The summed E-state index contributed by atoms with van der Waals surface area (Å²) in [7, 11) is 0. The van der Waals surface area contributed by atoms with Crippen LogP contribution in [0.15, 0.2) is 78.9 Å². The number of nitrogens with zero attached hydrogens (tertiary/aromatic N) is 2. The maximum absolute atomic E-state index is 13.9. The quantitative estimate of drug-likeness (QED) is 0.294. The lowest BCUT2D eigenvalue weighted by molar-refractivity contribution is -0.475. The van der Waals surface area contributed by atoms with Crippen LogP contribution in [0.1, 0.15) is 58.2 Å². The molecule has 3 aromatic carbocycles. The molecule has 0 saturated heterocycles. The third kappa shape index (κ3) is 5.76. The van der Waals surface area contributed by atoms with Crippen molar-refractivity contribution in [1.82, 2.24) is 9.88 Å². The average molecular weight is 518 g/mol. The van der Waals surface area contributed by atoms with Crippen LogP contribution in [0.5, 0.6) is 0 Å². The van der Waals surface area contributed by atoms with E-state index in [0.29, 0.717) is 48.6 Å². The van der Waals surface area contributed by atoms with Crippen molar-refractivity contribution < 1.29 is 9.22 Å². The Kier molecular flexibility index (Phi) is 8.41. The minimum absolute atomic E-state index is 0. The molecular formula is C30H34ClN4O2+. The second kappa shape index (κ2) is 11.7. The van der Waals surface area contributed by atoms with Gasteiger partial charge in [0, 0.05) is 23.1 Å². The maximum atomic E-state index is 13.9. The van der Waals surface area contributed by atoms with E-state index in [1.165, 1.54) is 0 Å². The predicted octanol–water partition coefficient (Wildman–Crippen LogP) is 5.35. The monoisotopic (exact) mass is 517 g/mol. The van der Waals surface area contributed by atoms with Gasteiger partial charge in [-0.05, 0) is 62.4 Å². The summed E-state index contributed by atoms with van der Waals surface area (Å²) in [6, 6.07) is 25.1. The van der Waals surface area contributed by atoms with E-state index >= 15 is 0 Å². The lowest BCUT2D eigenvalue weighted by Crippen LogP contribution is -2.40. The minimum atomic E-state index is -0.228. The summed E-state index contributed by atoms with van der Waals surface area (Å²) in [6.45, 7) is 3.05. The molecule has 1 unspecified atom stereocenters. The fourth-order valence-corrected chi connectivity index (χ4v) is 4.98. The van der Waals surface area contributed by atoms with E-state index in [0.717, 1.165) is 39.6 Å². The van der Waals surface area contributed by atoms with Gasteiger partial charge in [0.25, 0.3) is 17.1 Å². The highest BCUT2D eigenvalue weighted by molar-refractivity contribution is 5.94. The first-order valence-electron chi connectivity index (χ1n) is 12.7. The number of benzene rings is 3. The van der Waals surface area contributed by atoms with Crippen LogP contribution in [0.25, 0.3) is 11.0 Å². The Labute approximate surface area is 223 Å². The molecule has 5 rings (SSSR count). The molecule has 1 aliphatic rings. The van der Waals surface area contributed by atoms with E-state index in [1.807, 2.05) is 90.7 Å². The first-order chi connectivity index (χ1) is 17.6. The number of aryl methyl sites for hydroxylation is 1. The molecule has 1 saturated carbocycles. The van der Waals surface area contributed by atoms with Gasteiger partial charge in [0.2, 0.25) is 0 Å². The smallest absolute Gasteiger partial charge is 0.286 e. The number of carbonyl (C=O) groups is 1. The van der Waals surface area contributed by atoms with Crippen molar-refractivity contribution in [2.45, 2.75) is 38.6 Å². The molecule has 1 aliphatic carbocycles. The molecule has 0 aliphatic heterocycles. The standard InChI is InChI=1S/C30H33N4O2.ClH/c1-21-12-14-24(15-13-21)30(35)33(19-7-18-31)29(23-16-17-23)28-27(20-22-8-3-2-4-9-22)34(36)26-11-6-5-10-25(26)32-28;/h2-6,8-15,23,29H,7,16-20,31H2,1H3,(H,32,36);1H/q+1;. The highest BCUT2D eigenvalue weighted by Gasteiger charge is 2.43. The molecule has 4 aromatic rings. The maximum Gasteiger partial charge on any atom is 0.286 e. The Balaban J connectivity index is 0.00000320. The zero-order chi connectivity index (χ0) is 25.1. The Morgan fingerprint density at radius 1 is 1.03 bits per heavy atom. The Bertz CT molecular complexity index is 1420. The van der Waals surface area contributed by atoms with Crippen molar-refractivity contribution in [3.8, 4) is 0 Å². The molecule has 37 heavy (non-hydrogen) atoms. The number of amides is 1. The van der Waals surface area contributed by atoms with Gasteiger partial charge < -0.3 is 15.6 Å². The molecule has 1 heterocycles. The number of nitrogens with one attached hydrogen (secondary N) is 1. The van der Waals surface area contributed by atoms with Crippen LogP contribution in [-0.2, 0) is 6.42 Å². The molecule has 192 valence electrons. The van der Waals surface area contributed by atoms with E-state index in [9.17, 15) is 9.70 Å². The van der Waals surface area contributed by atoms with Gasteiger partial charge >= 0.3 is 0 Å². The van der Waals surface area contributed by atoms with Crippen molar-refractivity contribution in [3.05, 3.63) is 112 Å². The summed E-state index contributed by atoms with van der Waals surface area (Å²) >= 11 is 0. The molecule has 1 atom stereocenters. The Morgan fingerprint density at radius 3 is 2.38 bits per heavy atom. The van der Waals surface area contributed by atoms with Crippen molar-refractivity contribution in [3.63, 3.8) is 0 Å². The summed E-state index contributed by atoms with van der Waals surface area (Å²) in [5, 5.41) is 0. The number of carbonyl (C=O) groups excluding carboxylic acids is 1. The first-order valence-corrected chi connectivity index (χ1v) is 12.7. The van der Waals surface area contributed by atoms with Crippen LogP contribution in [0.2, 0.25) is 0 Å². The van der Waals surface area contributed by atoms with Crippen LogP contribution in [0.4, 0.5) is 0 Å². The topological polar surface area (TPSA) is 85.1 Å². The van der Waals surface area contributed by atoms with Gasteiger partial charge in [-0.3, -0.25) is 4.79 Å². The van der Waals surface area contributed by atoms with Crippen molar-refractivity contribution in [2.24, 2.45) is 11.7 Å². The molecule has 1 amide bonds. The second-order valence-corrected chi connectivity index (χ2v) is 9.75. The zero-order valence-corrected chi connectivity index (χ0v) is 21.9. The first kappa shape index (κ1) is 26.6. The van der Waals surface area contributed by atoms with Crippen LogP contribution in [0, 0.1) is 17.7 Å². The summed E-state index contributed by atoms with van der Waals surface area (Å²) in [6.07, 6.45) is 3.22. The second-order valence-electron chi connectivity index (χ2n) is 9.75. The molecule has 1 aromatic heterocycles. The normalized spacial score (nSPS) is 13.7. The van der Waals surface area contributed by atoms with E-state index in [2.05, 4.69) is 4.98 Å². The molecule has 3 N–H and O–H groups in total. The number of H-pyrrole nitrogens is 1. The lowest BCUT2D eigenvalue weighted by Gasteiger charge is -2.32. The molecular weight excluding hydrogens is 484 g/mol. The van der Waals surface area contributed by atoms with Gasteiger partial charge in [-0.25, -0.2) is 0 Å². The van der Waals surface area contributed by atoms with Crippen LogP contribution >= 0.6 is 12.4 Å². The number of hydrogen-bond acceptors (Lipinski definition) is 3. The SMILES string of the molecule is Cc1ccc(C(=O)N(CCCN)C(c2[nH]c3ccccc3[n+](=O)c2Cc2ccccc2)C2CC2)cc1.Cl. The summed E-state index contributed by atoms with van der Waals surface area (Å²) in [5.74, 6) is 0.272. The van der Waals surface area contributed by atoms with Crippen LogP contribution in [-0.4, -0.2) is 28.9 Å². The number of hydrogen-bond donors (Lipinski definition) is 2. The Morgan fingerprint density at radius 2 is 1.70 bits per heavy atom. The van der Waals surface area contributed by atoms with E-state index in [1.54, 1.807) is 0 Å². The van der Waals surface area contributed by atoms with Crippen molar-refractivity contribution in [2.75, 3.05) is 13.1 Å². The largest absolute Gasteiger partial charge is 0.346 e. The average Bonchev–Trinajstić information content (AvgIpc) is 3.74. The van der Waals surface area contributed by atoms with Gasteiger partial charge in [-0.1, -0.05) is 60.2 Å². The number of rotatable bonds is 9. The van der Waals surface area contributed by atoms with E-state index in [-0.39, 0.29) is 24.4 Å². The fraction of sp³-hybridized carbons (Fsp3) is 0.300. The van der Waals surface area contributed by atoms with E-state index in [4.69, 9.17) is 5.73 Å². The molecule has 0 bridgehead atoms. The number of nitrogens with two attached hydrogens (primary N) is 1. The minimum Gasteiger partial charge on any atom is -0.346 e. The number of para-hydroxylation sites is 2. The highest BCUT2D eigenvalue weighted by Crippen LogP contribution is 2.45. The van der Waals surface area contributed by atoms with Crippen molar-refractivity contribution >= 4 is 29.3 Å². The van der Waals surface area contributed by atoms with Gasteiger partial charge in [0.1, 0.15) is 11.2 Å². The zero-order valence-electron chi connectivity index (χ0n) is 21.1. The van der Waals surface area contributed by atoms with Crippen molar-refractivity contribution in [1.29, 1.82) is 0 Å². The van der Waals surface area contributed by atoms with Gasteiger partial charge in [0.15, 0.2) is 0 Å². The molecule has 6 nitrogen and oxygen atoms in total. The van der Waals surface area contributed by atoms with Crippen LogP contribution < -0.4 is 10.2 Å². The predicted molar refractivity (Wildman–Crippen MR) is 150 cm³/mol. The number of aromatic nitrogens is 2.